The molecule has 4 aromatic heterocycles. The second-order valence-corrected chi connectivity index (χ2v) is 11.0. The zero-order valence-corrected chi connectivity index (χ0v) is 21.5. The predicted molar refractivity (Wildman–Crippen MR) is 132 cm³/mol. The third kappa shape index (κ3) is 4.42. The lowest BCUT2D eigenvalue weighted by molar-refractivity contribution is -0.0496. The number of pyridine rings is 1. The Bertz CT molecular complexity index is 1680. The van der Waals surface area contributed by atoms with E-state index in [9.17, 15) is 26.4 Å². The minimum Gasteiger partial charge on any atom is -0.323 e. The van der Waals surface area contributed by atoms with Crippen LogP contribution in [0.3, 0.4) is 0 Å². The molecule has 12 nitrogen and oxygen atoms in total. The fourth-order valence-electron chi connectivity index (χ4n) is 4.53. The van der Waals surface area contributed by atoms with Crippen molar-refractivity contribution in [3.05, 3.63) is 46.9 Å². The van der Waals surface area contributed by atoms with Crippen molar-refractivity contribution in [2.45, 2.75) is 31.3 Å². The van der Waals surface area contributed by atoms with Crippen LogP contribution >= 0.6 is 0 Å². The van der Waals surface area contributed by atoms with Crippen molar-refractivity contribution in [3.8, 4) is 11.3 Å². The normalized spacial score (nSPS) is 15.8. The van der Waals surface area contributed by atoms with Gasteiger partial charge in [-0.25, -0.2) is 18.2 Å². The molecule has 0 spiro atoms. The van der Waals surface area contributed by atoms with Crippen molar-refractivity contribution < 1.29 is 21.6 Å². The van der Waals surface area contributed by atoms with Gasteiger partial charge >= 0.3 is 21.2 Å². The van der Waals surface area contributed by atoms with Crippen molar-refractivity contribution in [3.63, 3.8) is 0 Å². The summed E-state index contributed by atoms with van der Waals surface area (Å²) >= 11 is 0. The van der Waals surface area contributed by atoms with Gasteiger partial charge in [0.1, 0.15) is 5.52 Å². The van der Waals surface area contributed by atoms with Gasteiger partial charge in [-0.1, -0.05) is 0 Å². The Kier molecular flexibility index (Phi) is 6.25. The summed E-state index contributed by atoms with van der Waals surface area (Å²) in [7, 11) is -2.06. The average Bonchev–Trinajstić information content (AvgIpc) is 3.40. The Morgan fingerprint density at radius 2 is 1.79 bits per heavy atom. The van der Waals surface area contributed by atoms with Gasteiger partial charge in [0.15, 0.2) is 5.65 Å². The van der Waals surface area contributed by atoms with Gasteiger partial charge in [-0.3, -0.25) is 18.8 Å². The van der Waals surface area contributed by atoms with Crippen molar-refractivity contribution in [1.29, 1.82) is 0 Å². The molecule has 0 aliphatic carbocycles. The Morgan fingerprint density at radius 3 is 2.39 bits per heavy atom. The molecule has 4 aromatic rings. The molecule has 0 saturated carbocycles. The maximum Gasteiger partial charge on any atom is 0.511 e. The first-order chi connectivity index (χ1) is 17.9. The smallest absolute Gasteiger partial charge is 0.323 e. The van der Waals surface area contributed by atoms with E-state index in [1.54, 1.807) is 24.1 Å². The predicted octanol–water partition coefficient (Wildman–Crippen LogP) is 2.46. The van der Waals surface area contributed by atoms with Crippen molar-refractivity contribution in [2.75, 3.05) is 18.4 Å². The SMILES string of the molecule is Cc1cc(-c2cnn(C)c2)ncc1Nc1ncc2c(n1)n(C1CCN(S(=O)(=O)C(F)(F)F)CC1)c(=O)n2C. The number of sulfonamides is 1. The molecule has 1 N–H and O–H groups in total. The van der Waals surface area contributed by atoms with Crippen molar-refractivity contribution in [2.24, 2.45) is 14.1 Å². The number of imidazole rings is 1. The molecule has 1 aliphatic rings. The highest BCUT2D eigenvalue weighted by Gasteiger charge is 2.50. The summed E-state index contributed by atoms with van der Waals surface area (Å²) in [6.45, 7) is 1.17. The first-order valence-electron chi connectivity index (χ1n) is 11.6. The topological polar surface area (TPSA) is 133 Å². The van der Waals surface area contributed by atoms with Crippen molar-refractivity contribution in [1.82, 2.24) is 38.2 Å². The quantitative estimate of drug-likeness (QED) is 0.400. The fourth-order valence-corrected chi connectivity index (χ4v) is 5.52. The first-order valence-corrected chi connectivity index (χ1v) is 13.0. The Hall–Kier alpha value is -3.79. The lowest BCUT2D eigenvalue weighted by Crippen LogP contribution is -2.46. The number of anilines is 2. The number of nitrogens with one attached hydrogen (secondary N) is 1. The van der Waals surface area contributed by atoms with Gasteiger partial charge in [0.2, 0.25) is 5.95 Å². The molecule has 0 aromatic carbocycles. The lowest BCUT2D eigenvalue weighted by Gasteiger charge is -2.31. The molecule has 0 amide bonds. The molecule has 5 heterocycles. The van der Waals surface area contributed by atoms with E-state index >= 15 is 0 Å². The van der Waals surface area contributed by atoms with Crippen LogP contribution in [0.25, 0.3) is 22.4 Å². The summed E-state index contributed by atoms with van der Waals surface area (Å²) < 4.78 is 67.3. The number of hydrogen-bond donors (Lipinski definition) is 1. The van der Waals surface area contributed by atoms with Gasteiger partial charge in [-0.05, 0) is 31.4 Å². The number of piperidine rings is 1. The van der Waals surface area contributed by atoms with Gasteiger partial charge in [0, 0.05) is 45.0 Å². The third-order valence-corrected chi connectivity index (χ3v) is 8.24. The highest BCUT2D eigenvalue weighted by atomic mass is 32.2. The standard InChI is InChI=1S/C22H24F3N9O3S/c1-13-8-16(14-9-28-31(2)12-14)26-10-17(13)29-20-27-11-18-19(30-20)34(21(35)32(18)3)15-4-6-33(7-5-15)38(36,37)22(23,24)25/h8-12,15H,4-7H2,1-3H3,(H,27,29,30). The van der Waals surface area contributed by atoms with E-state index in [2.05, 4.69) is 25.4 Å². The van der Waals surface area contributed by atoms with E-state index in [0.29, 0.717) is 21.2 Å². The molecule has 0 atom stereocenters. The highest BCUT2D eigenvalue weighted by Crippen LogP contribution is 2.32. The van der Waals surface area contributed by atoms with Crippen LogP contribution in [0.4, 0.5) is 24.8 Å². The molecule has 1 aliphatic heterocycles. The lowest BCUT2D eigenvalue weighted by atomic mass is 10.1. The van der Waals surface area contributed by atoms with E-state index in [-0.39, 0.29) is 31.9 Å². The first kappa shape index (κ1) is 25.8. The van der Waals surface area contributed by atoms with Gasteiger partial charge < -0.3 is 5.32 Å². The van der Waals surface area contributed by atoms with E-state index in [1.807, 2.05) is 26.2 Å². The number of hydrogen-bond acceptors (Lipinski definition) is 8. The molecule has 1 saturated heterocycles. The average molecular weight is 552 g/mol. The zero-order chi connectivity index (χ0) is 27.4. The summed E-state index contributed by atoms with van der Waals surface area (Å²) in [6.07, 6.45) is 6.74. The van der Waals surface area contributed by atoms with Gasteiger partial charge in [0.05, 0.1) is 30.0 Å². The molecule has 38 heavy (non-hydrogen) atoms. The number of fused-ring (bicyclic) bond motifs is 1. The number of aryl methyl sites for hydroxylation is 3. The second-order valence-electron chi connectivity index (χ2n) is 9.11. The number of alkyl halides is 3. The maximum atomic E-state index is 13.0. The van der Waals surface area contributed by atoms with Crippen LogP contribution in [-0.4, -0.2) is 65.2 Å². The maximum absolute atomic E-state index is 13.0. The molecule has 16 heteroatoms. The Balaban J connectivity index is 1.42. The van der Waals surface area contributed by atoms with Crippen LogP contribution in [0.2, 0.25) is 0 Å². The summed E-state index contributed by atoms with van der Waals surface area (Å²) in [4.78, 5) is 26.3. The zero-order valence-electron chi connectivity index (χ0n) is 20.6. The summed E-state index contributed by atoms with van der Waals surface area (Å²) in [5.41, 5.74) is -1.93. The largest absolute Gasteiger partial charge is 0.511 e. The van der Waals surface area contributed by atoms with Crippen LogP contribution in [0.1, 0.15) is 24.4 Å². The number of rotatable bonds is 5. The van der Waals surface area contributed by atoms with E-state index in [4.69, 9.17) is 0 Å². The number of nitrogens with zero attached hydrogens (tertiary/aromatic N) is 8. The van der Waals surface area contributed by atoms with Crippen molar-refractivity contribution >= 4 is 32.8 Å². The van der Waals surface area contributed by atoms with E-state index in [1.165, 1.54) is 15.3 Å². The van der Waals surface area contributed by atoms with E-state index < -0.39 is 27.3 Å². The molecule has 1 fully saturated rings. The second kappa shape index (κ2) is 9.20. The molecule has 0 bridgehead atoms. The number of halogens is 3. The summed E-state index contributed by atoms with van der Waals surface area (Å²) in [6, 6.07) is 1.36. The monoisotopic (exact) mass is 551 g/mol. The van der Waals surface area contributed by atoms with Crippen LogP contribution in [0.5, 0.6) is 0 Å². The number of aromatic nitrogens is 7. The molecule has 0 radical (unpaired) electrons. The van der Waals surface area contributed by atoms with Crippen LogP contribution in [0, 0.1) is 6.92 Å². The van der Waals surface area contributed by atoms with Gasteiger partial charge in [-0.15, -0.1) is 0 Å². The van der Waals surface area contributed by atoms with Crippen LogP contribution in [0.15, 0.2) is 35.6 Å². The highest BCUT2D eigenvalue weighted by molar-refractivity contribution is 7.90. The molecule has 5 rings (SSSR count). The summed E-state index contributed by atoms with van der Waals surface area (Å²) in [5.74, 6) is 0.202. The minimum atomic E-state index is -5.42. The minimum absolute atomic E-state index is 0.0277. The van der Waals surface area contributed by atoms with Gasteiger partial charge in [0.25, 0.3) is 0 Å². The van der Waals surface area contributed by atoms with Crippen LogP contribution < -0.4 is 11.0 Å². The third-order valence-electron chi connectivity index (χ3n) is 6.61. The molecular weight excluding hydrogens is 527 g/mol. The van der Waals surface area contributed by atoms with Gasteiger partial charge in [-0.2, -0.15) is 27.6 Å². The molecule has 202 valence electrons. The Labute approximate surface area is 214 Å². The molecular formula is C22H24F3N9O3S. The Morgan fingerprint density at radius 1 is 1.08 bits per heavy atom. The summed E-state index contributed by atoms with van der Waals surface area (Å²) in [5, 5.41) is 7.26. The fraction of sp³-hybridized carbons (Fsp3) is 0.409. The molecule has 0 unspecified atom stereocenters. The van der Waals surface area contributed by atoms with E-state index in [0.717, 1.165) is 16.8 Å². The van der Waals surface area contributed by atoms with Crippen LogP contribution in [-0.2, 0) is 24.1 Å².